The van der Waals surface area contributed by atoms with Gasteiger partial charge in [-0.05, 0) is 0 Å². The lowest BCUT2D eigenvalue weighted by molar-refractivity contribution is 0.868. The van der Waals surface area contributed by atoms with Crippen LogP contribution in [0.5, 0.6) is 0 Å². The highest BCUT2D eigenvalue weighted by molar-refractivity contribution is 4.86. The molecular weight excluding hydrogens is 72.1 g/mol. The predicted molar refractivity (Wildman–Crippen MR) is 30.4 cm³/mol. The van der Waals surface area contributed by atoms with Crippen molar-refractivity contribution in [2.24, 2.45) is 5.92 Å². The number of hydrogen-bond donors (Lipinski definition) is 0. The van der Waals surface area contributed by atoms with Crippen molar-refractivity contribution >= 4 is 0 Å². The first-order chi connectivity index (χ1) is 2.27. The molecule has 0 nitrogen and oxygen atoms in total. The zero-order chi connectivity index (χ0) is 4.28. The van der Waals surface area contributed by atoms with Gasteiger partial charge in [0.2, 0.25) is 0 Å². The van der Waals surface area contributed by atoms with Crippen LogP contribution in [-0.4, -0.2) is 0 Å². The van der Waals surface area contributed by atoms with E-state index in [4.69, 9.17) is 6.42 Å². The van der Waals surface area contributed by atoms with Gasteiger partial charge < -0.3 is 0 Å². The van der Waals surface area contributed by atoms with Crippen LogP contribution in [0.2, 0.25) is 0 Å². The minimum Gasteiger partial charge on any atom is -0.120 e. The Morgan fingerprint density at radius 2 is 1.67 bits per heavy atom. The first-order valence-corrected chi connectivity index (χ1v) is 1.73. The fourth-order valence-electron chi connectivity index (χ4n) is 0. The Hall–Kier alpha value is -0.440. The molecular formula is C6H12. The molecule has 0 N–H and O–H groups in total. The van der Waals surface area contributed by atoms with Crippen molar-refractivity contribution in [2.45, 2.75) is 21.3 Å². The molecule has 0 radical (unpaired) electrons. The molecule has 0 aliphatic rings. The third kappa shape index (κ3) is 9.59. The van der Waals surface area contributed by atoms with Gasteiger partial charge in [0.25, 0.3) is 0 Å². The quantitative estimate of drug-likeness (QED) is 0.393. The molecule has 0 aromatic rings. The molecule has 0 aliphatic carbocycles. The molecule has 0 aromatic heterocycles. The summed E-state index contributed by atoms with van der Waals surface area (Å²) in [6.07, 6.45) is 4.92. The zero-order valence-electron chi connectivity index (χ0n) is 3.65. The summed E-state index contributed by atoms with van der Waals surface area (Å²) < 4.78 is 0. The lowest BCUT2D eigenvalue weighted by Crippen LogP contribution is -1.72. The maximum atomic E-state index is 4.92. The largest absolute Gasteiger partial charge is 0.120 e. The predicted octanol–water partition coefficient (Wildman–Crippen LogP) is 1.91. The van der Waals surface area contributed by atoms with Crippen LogP contribution < -0.4 is 0 Å². The van der Waals surface area contributed by atoms with Gasteiger partial charge in [0.15, 0.2) is 0 Å². The second kappa shape index (κ2) is 4.56. The topological polar surface area (TPSA) is 0 Å². The summed E-state index contributed by atoms with van der Waals surface area (Å²) in [7, 11) is 0. The average Bonchev–Trinajstić information content (AvgIpc) is 1.38. The van der Waals surface area contributed by atoms with Crippen molar-refractivity contribution in [2.75, 3.05) is 0 Å². The monoisotopic (exact) mass is 84.1 g/mol. The van der Waals surface area contributed by atoms with Crippen molar-refractivity contribution in [3.05, 3.63) is 0 Å². The summed E-state index contributed by atoms with van der Waals surface area (Å²) in [5, 5.41) is 0. The minimum atomic E-state index is 0. The van der Waals surface area contributed by atoms with Crippen LogP contribution in [0.1, 0.15) is 21.3 Å². The van der Waals surface area contributed by atoms with Gasteiger partial charge in [-0.1, -0.05) is 21.3 Å². The Kier molecular flexibility index (Phi) is 6.93. The number of terminal acetylenes is 1. The summed E-state index contributed by atoms with van der Waals surface area (Å²) in [6, 6.07) is 0. The van der Waals surface area contributed by atoms with Gasteiger partial charge in [-0.15, -0.1) is 12.3 Å². The molecule has 0 amide bonds. The van der Waals surface area contributed by atoms with Crippen LogP contribution in [0.15, 0.2) is 0 Å². The highest BCUT2D eigenvalue weighted by Crippen LogP contribution is 1.81. The Morgan fingerprint density at radius 1 is 1.50 bits per heavy atom. The summed E-state index contributed by atoms with van der Waals surface area (Å²) in [4.78, 5) is 0. The average molecular weight is 84.2 g/mol. The second-order valence-electron chi connectivity index (χ2n) is 1.32. The molecule has 0 aromatic carbocycles. The van der Waals surface area contributed by atoms with Crippen molar-refractivity contribution in [1.29, 1.82) is 0 Å². The molecule has 0 rings (SSSR count). The summed E-state index contributed by atoms with van der Waals surface area (Å²) in [5.74, 6) is 2.94. The second-order valence-corrected chi connectivity index (χ2v) is 1.32. The highest BCUT2D eigenvalue weighted by Gasteiger charge is 1.74. The fourth-order valence-corrected chi connectivity index (χ4v) is 0. The van der Waals surface area contributed by atoms with Gasteiger partial charge in [0, 0.05) is 5.92 Å². The Morgan fingerprint density at radius 3 is 1.67 bits per heavy atom. The van der Waals surface area contributed by atoms with Gasteiger partial charge in [-0.25, -0.2) is 0 Å². The third-order valence-corrected chi connectivity index (χ3v) is 0.333. The minimum absolute atomic E-state index is 0. The maximum Gasteiger partial charge on any atom is 0.0143 e. The molecule has 0 atom stereocenters. The van der Waals surface area contributed by atoms with Crippen LogP contribution in [0.4, 0.5) is 0 Å². The molecule has 0 bridgehead atoms. The van der Waals surface area contributed by atoms with E-state index in [2.05, 4.69) is 5.92 Å². The molecule has 0 spiro atoms. The van der Waals surface area contributed by atoms with Crippen molar-refractivity contribution in [1.82, 2.24) is 0 Å². The van der Waals surface area contributed by atoms with Gasteiger partial charge in [0.05, 0.1) is 0 Å². The molecule has 6 heavy (non-hydrogen) atoms. The van der Waals surface area contributed by atoms with Gasteiger partial charge in [-0.2, -0.15) is 0 Å². The van der Waals surface area contributed by atoms with E-state index >= 15 is 0 Å². The molecule has 36 valence electrons. The van der Waals surface area contributed by atoms with E-state index < -0.39 is 0 Å². The first kappa shape index (κ1) is 9.12. The van der Waals surface area contributed by atoms with Crippen molar-refractivity contribution in [3.8, 4) is 12.3 Å². The Balaban J connectivity index is 0. The molecule has 0 saturated carbocycles. The summed E-state index contributed by atoms with van der Waals surface area (Å²) in [6.45, 7) is 3.97. The zero-order valence-corrected chi connectivity index (χ0v) is 3.65. The smallest absolute Gasteiger partial charge is 0.0143 e. The van der Waals surface area contributed by atoms with E-state index in [0.29, 0.717) is 5.92 Å². The van der Waals surface area contributed by atoms with Crippen LogP contribution in [-0.2, 0) is 0 Å². The standard InChI is InChI=1S/C5H8.CH4/c1-4-5(2)3;/h1,5H,2-3H3;1H4. The van der Waals surface area contributed by atoms with E-state index in [1.54, 1.807) is 0 Å². The van der Waals surface area contributed by atoms with Gasteiger partial charge in [-0.3, -0.25) is 0 Å². The number of hydrogen-bond acceptors (Lipinski definition) is 0. The molecule has 0 heteroatoms. The first-order valence-electron chi connectivity index (χ1n) is 1.73. The lowest BCUT2D eigenvalue weighted by Gasteiger charge is -1.80. The summed E-state index contributed by atoms with van der Waals surface area (Å²) in [5.41, 5.74) is 0. The van der Waals surface area contributed by atoms with E-state index in [0.717, 1.165) is 0 Å². The van der Waals surface area contributed by atoms with E-state index in [1.807, 2.05) is 13.8 Å². The fraction of sp³-hybridized carbons (Fsp3) is 0.667. The molecule has 0 aliphatic heterocycles. The van der Waals surface area contributed by atoms with Gasteiger partial charge in [0.1, 0.15) is 0 Å². The number of rotatable bonds is 0. The van der Waals surface area contributed by atoms with Crippen LogP contribution in [0, 0.1) is 18.3 Å². The van der Waals surface area contributed by atoms with E-state index in [1.165, 1.54) is 0 Å². The van der Waals surface area contributed by atoms with E-state index in [-0.39, 0.29) is 7.43 Å². The van der Waals surface area contributed by atoms with Crippen LogP contribution in [0.3, 0.4) is 0 Å². The van der Waals surface area contributed by atoms with Crippen molar-refractivity contribution in [3.63, 3.8) is 0 Å². The van der Waals surface area contributed by atoms with E-state index in [9.17, 15) is 0 Å². The summed E-state index contributed by atoms with van der Waals surface area (Å²) >= 11 is 0. The van der Waals surface area contributed by atoms with Crippen LogP contribution in [0.25, 0.3) is 0 Å². The Labute approximate surface area is 40.6 Å². The molecule has 0 saturated heterocycles. The maximum absolute atomic E-state index is 4.92. The molecule has 0 unspecified atom stereocenters. The van der Waals surface area contributed by atoms with Crippen molar-refractivity contribution < 1.29 is 0 Å². The SMILES string of the molecule is C.C#CC(C)C. The Bertz CT molecular complexity index is 45.5. The lowest BCUT2D eigenvalue weighted by atomic mass is 10.2. The highest BCUT2D eigenvalue weighted by atomic mass is 13.8. The third-order valence-electron chi connectivity index (χ3n) is 0.333. The van der Waals surface area contributed by atoms with Gasteiger partial charge >= 0.3 is 0 Å². The molecule has 0 heterocycles. The van der Waals surface area contributed by atoms with Crippen LogP contribution >= 0.6 is 0 Å². The normalized spacial score (nSPS) is 6.33. The molecule has 0 fully saturated rings.